The molecule has 90 valence electrons. The zero-order valence-electron chi connectivity index (χ0n) is 8.87. The lowest BCUT2D eigenvalue weighted by molar-refractivity contribution is -0.123. The zero-order valence-corrected chi connectivity index (χ0v) is 10.4. The summed E-state index contributed by atoms with van der Waals surface area (Å²) in [5.74, 6) is -0.334. The van der Waals surface area contributed by atoms with Crippen LogP contribution in [0.15, 0.2) is 18.2 Å². The van der Waals surface area contributed by atoms with E-state index in [2.05, 4.69) is 5.32 Å². The molecule has 0 atom stereocenters. The number of nitrogens with zero attached hydrogens (tertiary/aromatic N) is 1. The minimum Gasteiger partial charge on any atom is -0.347 e. The molecule has 6 heteroatoms. The molecule has 0 spiro atoms. The molecule has 1 N–H and O–H groups in total. The smallest absolute Gasteiger partial charge is 0.246 e. The first kappa shape index (κ1) is 12.2. The third kappa shape index (κ3) is 2.70. The Morgan fingerprint density at radius 2 is 2.00 bits per heavy atom. The van der Waals surface area contributed by atoms with E-state index in [1.54, 1.807) is 18.2 Å². The second-order valence-corrected chi connectivity index (χ2v) is 4.51. The Morgan fingerprint density at radius 3 is 2.76 bits per heavy atom. The van der Waals surface area contributed by atoms with Crippen LogP contribution in [0, 0.1) is 0 Å². The summed E-state index contributed by atoms with van der Waals surface area (Å²) in [6, 6.07) is 4.91. The van der Waals surface area contributed by atoms with Crippen LogP contribution in [-0.2, 0) is 9.59 Å². The maximum atomic E-state index is 11.8. The fourth-order valence-electron chi connectivity index (χ4n) is 1.64. The quantitative estimate of drug-likeness (QED) is 0.848. The van der Waals surface area contributed by atoms with Crippen LogP contribution in [0.5, 0.6) is 0 Å². The molecule has 1 aromatic carbocycles. The molecule has 0 bridgehead atoms. The number of hydrogen-bond acceptors (Lipinski definition) is 2. The number of nitrogens with one attached hydrogen (secondary N) is 1. The molecule has 4 nitrogen and oxygen atoms in total. The molecule has 1 aliphatic heterocycles. The van der Waals surface area contributed by atoms with E-state index < -0.39 is 0 Å². The van der Waals surface area contributed by atoms with Crippen molar-refractivity contribution in [1.82, 2.24) is 5.32 Å². The second kappa shape index (κ2) is 4.94. The molecule has 0 unspecified atom stereocenters. The van der Waals surface area contributed by atoms with Crippen molar-refractivity contribution in [1.29, 1.82) is 0 Å². The Balaban J connectivity index is 2.34. The van der Waals surface area contributed by atoms with Gasteiger partial charge in [-0.15, -0.1) is 0 Å². The van der Waals surface area contributed by atoms with Gasteiger partial charge in [-0.05, 0) is 18.2 Å². The lowest BCUT2D eigenvalue weighted by Crippen LogP contribution is -2.35. The van der Waals surface area contributed by atoms with Crippen molar-refractivity contribution >= 4 is 40.7 Å². The molecule has 0 saturated carbocycles. The highest BCUT2D eigenvalue weighted by Gasteiger charge is 2.23. The van der Waals surface area contributed by atoms with Crippen LogP contribution < -0.4 is 10.2 Å². The van der Waals surface area contributed by atoms with Crippen molar-refractivity contribution in [2.24, 2.45) is 0 Å². The molecule has 1 aromatic rings. The molecular weight excluding hydrogens is 263 g/mol. The maximum Gasteiger partial charge on any atom is 0.246 e. The first-order valence-electron chi connectivity index (χ1n) is 5.10. The molecule has 2 amide bonds. The van der Waals surface area contributed by atoms with Crippen LogP contribution in [-0.4, -0.2) is 24.9 Å². The van der Waals surface area contributed by atoms with Crippen LogP contribution in [0.2, 0.25) is 10.0 Å². The molecule has 0 aliphatic carbocycles. The minimum atomic E-state index is -0.194. The Morgan fingerprint density at radius 1 is 1.24 bits per heavy atom. The van der Waals surface area contributed by atoms with Gasteiger partial charge in [0.05, 0.1) is 17.3 Å². The number of anilines is 1. The number of amides is 2. The highest BCUT2D eigenvalue weighted by molar-refractivity contribution is 6.35. The lowest BCUT2D eigenvalue weighted by Gasteiger charge is -2.21. The molecule has 1 aliphatic rings. The normalized spacial score (nSPS) is 16.7. The highest BCUT2D eigenvalue weighted by atomic mass is 35.5. The first-order chi connectivity index (χ1) is 8.08. The van der Waals surface area contributed by atoms with E-state index >= 15 is 0 Å². The molecule has 1 heterocycles. The minimum absolute atomic E-state index is 0.0122. The van der Waals surface area contributed by atoms with Crippen molar-refractivity contribution in [3.8, 4) is 0 Å². The van der Waals surface area contributed by atoms with Gasteiger partial charge in [-0.2, -0.15) is 0 Å². The summed E-state index contributed by atoms with van der Waals surface area (Å²) in [5, 5.41) is 3.46. The fraction of sp³-hybridized carbons (Fsp3) is 0.273. The second-order valence-electron chi connectivity index (χ2n) is 3.67. The number of hydrogen-bond donors (Lipinski definition) is 1. The SMILES string of the molecule is O=C1CCN(c2cc(Cl)ccc2Cl)C(=O)CN1. The number of rotatable bonds is 1. The van der Waals surface area contributed by atoms with E-state index in [-0.39, 0.29) is 24.8 Å². The van der Waals surface area contributed by atoms with E-state index in [1.807, 2.05) is 0 Å². The summed E-state index contributed by atoms with van der Waals surface area (Å²) in [5.41, 5.74) is 0.542. The van der Waals surface area contributed by atoms with Gasteiger partial charge in [0.1, 0.15) is 0 Å². The molecule has 2 rings (SSSR count). The molecular formula is C11H10Cl2N2O2. The van der Waals surface area contributed by atoms with E-state index in [1.165, 1.54) is 4.90 Å². The largest absolute Gasteiger partial charge is 0.347 e. The van der Waals surface area contributed by atoms with Gasteiger partial charge in [-0.3, -0.25) is 9.59 Å². The van der Waals surface area contributed by atoms with Gasteiger partial charge in [0.15, 0.2) is 0 Å². The van der Waals surface area contributed by atoms with Crippen LogP contribution in [0.4, 0.5) is 5.69 Å². The summed E-state index contributed by atoms with van der Waals surface area (Å²) in [7, 11) is 0. The number of carbonyl (C=O) groups excluding carboxylic acids is 2. The van der Waals surface area contributed by atoms with Crippen molar-refractivity contribution < 1.29 is 9.59 Å². The summed E-state index contributed by atoms with van der Waals surface area (Å²) in [6.45, 7) is 0.298. The molecule has 0 aromatic heterocycles. The van der Waals surface area contributed by atoms with E-state index in [0.29, 0.717) is 22.3 Å². The maximum absolute atomic E-state index is 11.8. The van der Waals surface area contributed by atoms with Crippen molar-refractivity contribution in [2.75, 3.05) is 18.0 Å². The Labute approximate surface area is 108 Å². The third-order valence-corrected chi connectivity index (χ3v) is 3.05. The average molecular weight is 273 g/mol. The van der Waals surface area contributed by atoms with Crippen molar-refractivity contribution in [3.63, 3.8) is 0 Å². The van der Waals surface area contributed by atoms with Gasteiger partial charge in [0.25, 0.3) is 0 Å². The predicted molar refractivity (Wildman–Crippen MR) is 66.4 cm³/mol. The van der Waals surface area contributed by atoms with Crippen LogP contribution >= 0.6 is 23.2 Å². The third-order valence-electron chi connectivity index (χ3n) is 2.50. The Bertz CT molecular complexity index is 477. The van der Waals surface area contributed by atoms with Crippen molar-refractivity contribution in [3.05, 3.63) is 28.2 Å². The van der Waals surface area contributed by atoms with E-state index in [4.69, 9.17) is 23.2 Å². The van der Waals surface area contributed by atoms with E-state index in [9.17, 15) is 9.59 Å². The molecule has 17 heavy (non-hydrogen) atoms. The van der Waals surface area contributed by atoms with Gasteiger partial charge >= 0.3 is 0 Å². The van der Waals surface area contributed by atoms with Gasteiger partial charge in [-0.25, -0.2) is 0 Å². The standard InChI is InChI=1S/C11H10Cl2N2O2/c12-7-1-2-8(13)9(5-7)15-4-3-10(16)14-6-11(15)17/h1-2,5H,3-4,6H2,(H,14,16). The fourth-order valence-corrected chi connectivity index (χ4v) is 2.03. The van der Waals surface area contributed by atoms with Gasteiger partial charge in [0, 0.05) is 18.0 Å². The number of carbonyl (C=O) groups is 2. The highest BCUT2D eigenvalue weighted by Crippen LogP contribution is 2.29. The Kier molecular flexibility index (Phi) is 3.54. The van der Waals surface area contributed by atoms with Gasteiger partial charge in [0.2, 0.25) is 11.8 Å². The number of benzene rings is 1. The summed E-state index contributed by atoms with van der Waals surface area (Å²) < 4.78 is 0. The van der Waals surface area contributed by atoms with Crippen LogP contribution in [0.1, 0.15) is 6.42 Å². The average Bonchev–Trinajstić information content (AvgIpc) is 2.46. The Hall–Kier alpha value is -1.26. The van der Waals surface area contributed by atoms with Crippen molar-refractivity contribution in [2.45, 2.75) is 6.42 Å². The molecule has 1 saturated heterocycles. The number of halogens is 2. The predicted octanol–water partition coefficient (Wildman–Crippen LogP) is 1.85. The topological polar surface area (TPSA) is 49.4 Å². The molecule has 1 fully saturated rings. The summed E-state index contributed by atoms with van der Waals surface area (Å²) in [6.07, 6.45) is 0.259. The molecule has 0 radical (unpaired) electrons. The summed E-state index contributed by atoms with van der Waals surface area (Å²) >= 11 is 11.9. The van der Waals surface area contributed by atoms with Crippen LogP contribution in [0.3, 0.4) is 0 Å². The van der Waals surface area contributed by atoms with Gasteiger partial charge < -0.3 is 10.2 Å². The van der Waals surface area contributed by atoms with E-state index in [0.717, 1.165) is 0 Å². The first-order valence-corrected chi connectivity index (χ1v) is 5.85. The monoisotopic (exact) mass is 272 g/mol. The van der Waals surface area contributed by atoms with Gasteiger partial charge in [-0.1, -0.05) is 23.2 Å². The zero-order chi connectivity index (χ0) is 12.4. The lowest BCUT2D eigenvalue weighted by atomic mass is 10.2. The summed E-state index contributed by atoms with van der Waals surface area (Å²) in [4.78, 5) is 24.5. The van der Waals surface area contributed by atoms with Crippen LogP contribution in [0.25, 0.3) is 0 Å².